The first kappa shape index (κ1) is 14.3. The SMILES string of the molecule is O=C(CSCC(O)CO)Nc1ccccc1Cl. The molecule has 0 fully saturated rings. The van der Waals surface area contributed by atoms with E-state index in [1.54, 1.807) is 24.3 Å². The van der Waals surface area contributed by atoms with Crippen LogP contribution in [0.3, 0.4) is 0 Å². The van der Waals surface area contributed by atoms with E-state index in [0.717, 1.165) is 0 Å². The summed E-state index contributed by atoms with van der Waals surface area (Å²) in [6, 6.07) is 6.97. The number of halogens is 1. The number of carbonyl (C=O) groups excluding carboxylic acids is 1. The van der Waals surface area contributed by atoms with Crippen LogP contribution in [0, 0.1) is 0 Å². The fourth-order valence-electron chi connectivity index (χ4n) is 1.09. The molecular weight excluding hydrogens is 262 g/mol. The first-order valence-electron chi connectivity index (χ1n) is 5.04. The quantitative estimate of drug-likeness (QED) is 0.733. The van der Waals surface area contributed by atoms with Gasteiger partial charge in [-0.3, -0.25) is 4.79 Å². The van der Waals surface area contributed by atoms with Gasteiger partial charge in [-0.25, -0.2) is 0 Å². The summed E-state index contributed by atoms with van der Waals surface area (Å²) in [5, 5.41) is 20.8. The molecule has 0 aliphatic heterocycles. The molecule has 0 saturated carbocycles. The zero-order valence-electron chi connectivity index (χ0n) is 9.10. The number of para-hydroxylation sites is 1. The van der Waals surface area contributed by atoms with Crippen LogP contribution >= 0.6 is 23.4 Å². The fourth-order valence-corrected chi connectivity index (χ4v) is 2.03. The summed E-state index contributed by atoms with van der Waals surface area (Å²) in [6.45, 7) is -0.293. The predicted molar refractivity (Wildman–Crippen MR) is 70.5 cm³/mol. The number of aliphatic hydroxyl groups excluding tert-OH is 2. The lowest BCUT2D eigenvalue weighted by molar-refractivity contribution is -0.113. The number of hydrogen-bond acceptors (Lipinski definition) is 4. The normalized spacial score (nSPS) is 12.2. The molecule has 0 bridgehead atoms. The summed E-state index contributed by atoms with van der Waals surface area (Å²) in [4.78, 5) is 11.5. The van der Waals surface area contributed by atoms with Crippen LogP contribution in [0.15, 0.2) is 24.3 Å². The van der Waals surface area contributed by atoms with Crippen LogP contribution in [-0.4, -0.2) is 40.3 Å². The zero-order valence-corrected chi connectivity index (χ0v) is 10.7. The predicted octanol–water partition coefficient (Wildman–Crippen LogP) is 1.36. The number of amides is 1. The van der Waals surface area contributed by atoms with Gasteiger partial charge in [0, 0.05) is 5.75 Å². The average molecular weight is 276 g/mol. The molecule has 0 aliphatic rings. The number of carbonyl (C=O) groups is 1. The molecule has 1 aromatic carbocycles. The molecule has 0 radical (unpaired) electrons. The van der Waals surface area contributed by atoms with Gasteiger partial charge >= 0.3 is 0 Å². The van der Waals surface area contributed by atoms with E-state index in [1.807, 2.05) is 0 Å². The lowest BCUT2D eigenvalue weighted by Gasteiger charge is -2.08. The minimum absolute atomic E-state index is 0.187. The zero-order chi connectivity index (χ0) is 12.7. The van der Waals surface area contributed by atoms with E-state index in [2.05, 4.69) is 5.32 Å². The van der Waals surface area contributed by atoms with E-state index in [0.29, 0.717) is 16.5 Å². The van der Waals surface area contributed by atoms with Gasteiger partial charge in [0.25, 0.3) is 0 Å². The lowest BCUT2D eigenvalue weighted by Crippen LogP contribution is -2.19. The van der Waals surface area contributed by atoms with E-state index < -0.39 is 6.10 Å². The van der Waals surface area contributed by atoms with Crippen molar-refractivity contribution in [1.29, 1.82) is 0 Å². The van der Waals surface area contributed by atoms with Gasteiger partial charge in [0.1, 0.15) is 0 Å². The highest BCUT2D eigenvalue weighted by molar-refractivity contribution is 8.00. The van der Waals surface area contributed by atoms with Gasteiger partial charge in [-0.15, -0.1) is 11.8 Å². The number of aliphatic hydroxyl groups is 2. The molecule has 1 atom stereocenters. The number of hydrogen-bond donors (Lipinski definition) is 3. The second-order valence-corrected chi connectivity index (χ2v) is 4.82. The molecule has 3 N–H and O–H groups in total. The van der Waals surface area contributed by atoms with Gasteiger partial charge in [-0.05, 0) is 12.1 Å². The van der Waals surface area contributed by atoms with Crippen LogP contribution in [-0.2, 0) is 4.79 Å². The second-order valence-electron chi connectivity index (χ2n) is 3.38. The Balaban J connectivity index is 2.33. The van der Waals surface area contributed by atoms with Crippen molar-refractivity contribution >= 4 is 35.0 Å². The van der Waals surface area contributed by atoms with E-state index in [1.165, 1.54) is 11.8 Å². The molecule has 6 heteroatoms. The van der Waals surface area contributed by atoms with Crippen LogP contribution in [0.4, 0.5) is 5.69 Å². The van der Waals surface area contributed by atoms with Crippen molar-refractivity contribution in [1.82, 2.24) is 0 Å². The number of anilines is 1. The molecule has 17 heavy (non-hydrogen) atoms. The molecule has 1 aromatic rings. The topological polar surface area (TPSA) is 69.6 Å². The highest BCUT2D eigenvalue weighted by Crippen LogP contribution is 2.20. The summed E-state index contributed by atoms with van der Waals surface area (Å²) < 4.78 is 0. The van der Waals surface area contributed by atoms with E-state index >= 15 is 0 Å². The monoisotopic (exact) mass is 275 g/mol. The maximum atomic E-state index is 11.5. The summed E-state index contributed by atoms with van der Waals surface area (Å²) in [7, 11) is 0. The van der Waals surface area contributed by atoms with Crippen molar-refractivity contribution in [3.63, 3.8) is 0 Å². The molecule has 1 unspecified atom stereocenters. The Kier molecular flexibility index (Phi) is 6.36. The van der Waals surface area contributed by atoms with Gasteiger partial charge < -0.3 is 15.5 Å². The maximum absolute atomic E-state index is 11.5. The van der Waals surface area contributed by atoms with Crippen LogP contribution in [0.2, 0.25) is 5.02 Å². The molecule has 1 amide bonds. The Hall–Kier alpha value is -0.750. The molecule has 0 saturated heterocycles. The van der Waals surface area contributed by atoms with E-state index in [4.69, 9.17) is 21.8 Å². The second kappa shape index (κ2) is 7.55. The van der Waals surface area contributed by atoms with Crippen LogP contribution < -0.4 is 5.32 Å². The maximum Gasteiger partial charge on any atom is 0.234 e. The summed E-state index contributed by atoms with van der Waals surface area (Å²) in [5.41, 5.74) is 0.572. The van der Waals surface area contributed by atoms with Crippen molar-refractivity contribution in [2.24, 2.45) is 0 Å². The molecule has 1 rings (SSSR count). The smallest absolute Gasteiger partial charge is 0.234 e. The molecule has 0 aromatic heterocycles. The molecule has 0 heterocycles. The fraction of sp³-hybridized carbons (Fsp3) is 0.364. The first-order chi connectivity index (χ1) is 8.13. The molecule has 0 aliphatic carbocycles. The summed E-state index contributed by atoms with van der Waals surface area (Å²) in [6.07, 6.45) is -0.784. The highest BCUT2D eigenvalue weighted by Gasteiger charge is 2.07. The number of rotatable bonds is 6. The van der Waals surface area contributed by atoms with Gasteiger partial charge in [-0.1, -0.05) is 23.7 Å². The Morgan fingerprint density at radius 1 is 1.47 bits per heavy atom. The van der Waals surface area contributed by atoms with Crippen molar-refractivity contribution in [2.45, 2.75) is 6.10 Å². The van der Waals surface area contributed by atoms with Gasteiger partial charge in [0.15, 0.2) is 0 Å². The third-order valence-corrected chi connectivity index (χ3v) is 3.32. The Labute approximate surface area is 109 Å². The minimum Gasteiger partial charge on any atom is -0.394 e. The van der Waals surface area contributed by atoms with Crippen molar-refractivity contribution < 1.29 is 15.0 Å². The number of nitrogens with one attached hydrogen (secondary N) is 1. The highest BCUT2D eigenvalue weighted by atomic mass is 35.5. The van der Waals surface area contributed by atoms with Crippen LogP contribution in [0.25, 0.3) is 0 Å². The van der Waals surface area contributed by atoms with Crippen LogP contribution in [0.5, 0.6) is 0 Å². The average Bonchev–Trinajstić information content (AvgIpc) is 2.32. The van der Waals surface area contributed by atoms with E-state index in [-0.39, 0.29) is 18.3 Å². The van der Waals surface area contributed by atoms with Gasteiger partial charge in [-0.2, -0.15) is 0 Å². The van der Waals surface area contributed by atoms with Crippen molar-refractivity contribution in [3.05, 3.63) is 29.3 Å². The van der Waals surface area contributed by atoms with E-state index in [9.17, 15) is 4.79 Å². The summed E-state index contributed by atoms with van der Waals surface area (Å²) >= 11 is 7.13. The molecular formula is C11H14ClNO3S. The lowest BCUT2D eigenvalue weighted by atomic mass is 10.3. The third-order valence-electron chi connectivity index (χ3n) is 1.90. The van der Waals surface area contributed by atoms with Gasteiger partial charge in [0.05, 0.1) is 29.2 Å². The minimum atomic E-state index is -0.784. The standard InChI is InChI=1S/C11H14ClNO3S/c12-9-3-1-2-4-10(9)13-11(16)7-17-6-8(15)5-14/h1-4,8,14-15H,5-7H2,(H,13,16). The summed E-state index contributed by atoms with van der Waals surface area (Å²) in [5.74, 6) is 0.350. The van der Waals surface area contributed by atoms with Gasteiger partial charge in [0.2, 0.25) is 5.91 Å². The van der Waals surface area contributed by atoms with Crippen LogP contribution in [0.1, 0.15) is 0 Å². The first-order valence-corrected chi connectivity index (χ1v) is 6.57. The Morgan fingerprint density at radius 2 is 2.18 bits per heavy atom. The Bertz CT molecular complexity index is 375. The number of thioether (sulfide) groups is 1. The largest absolute Gasteiger partial charge is 0.394 e. The Morgan fingerprint density at radius 3 is 2.82 bits per heavy atom. The third kappa shape index (κ3) is 5.41. The molecule has 94 valence electrons. The number of benzene rings is 1. The van der Waals surface area contributed by atoms with Crippen molar-refractivity contribution in [2.75, 3.05) is 23.4 Å². The molecule has 0 spiro atoms. The molecule has 4 nitrogen and oxygen atoms in total. The van der Waals surface area contributed by atoms with Crippen molar-refractivity contribution in [3.8, 4) is 0 Å².